The van der Waals surface area contributed by atoms with Crippen LogP contribution in [0.15, 0.2) is 24.5 Å². The lowest BCUT2D eigenvalue weighted by molar-refractivity contribution is -0.147. The highest BCUT2D eigenvalue weighted by Gasteiger charge is 2.34. The minimum atomic E-state index is -0.0782. The summed E-state index contributed by atoms with van der Waals surface area (Å²) >= 11 is 0. The molecule has 0 radical (unpaired) electrons. The maximum absolute atomic E-state index is 11.9. The Hall–Kier alpha value is -1.37. The Labute approximate surface area is 125 Å². The third-order valence-electron chi connectivity index (χ3n) is 3.84. The van der Waals surface area contributed by atoms with Gasteiger partial charge in [0.15, 0.2) is 0 Å². The van der Waals surface area contributed by atoms with E-state index in [1.165, 1.54) is 0 Å². The smallest absolute Gasteiger partial charge is 0.221 e. The van der Waals surface area contributed by atoms with E-state index in [2.05, 4.69) is 5.32 Å². The van der Waals surface area contributed by atoms with Gasteiger partial charge in [-0.2, -0.15) is 0 Å². The summed E-state index contributed by atoms with van der Waals surface area (Å²) in [6.45, 7) is 2.35. The first kappa shape index (κ1) is 16.0. The van der Waals surface area contributed by atoms with Crippen molar-refractivity contribution in [2.45, 2.75) is 25.2 Å². The van der Waals surface area contributed by atoms with Crippen molar-refractivity contribution in [3.63, 3.8) is 0 Å². The van der Waals surface area contributed by atoms with Gasteiger partial charge in [-0.05, 0) is 12.1 Å². The van der Waals surface area contributed by atoms with E-state index in [9.17, 15) is 4.79 Å². The third-order valence-corrected chi connectivity index (χ3v) is 3.84. The molecular formula is C15H24N2O4. The number of carbonyl (C=O) groups excluding carboxylic acids is 1. The molecule has 1 aliphatic rings. The Bertz CT molecular complexity index is 421. The number of nitrogens with one attached hydrogen (secondary N) is 1. The maximum atomic E-state index is 11.9. The molecule has 0 aliphatic carbocycles. The predicted molar refractivity (Wildman–Crippen MR) is 78.0 cm³/mol. The SMILES string of the molecule is CO[C@H]1[C@H](CNC(=O)CCn2cccc2)COC[C@H]1OC. The summed E-state index contributed by atoms with van der Waals surface area (Å²) in [5.41, 5.74) is 0. The number of aryl methyl sites for hydroxylation is 1. The topological polar surface area (TPSA) is 61.7 Å². The normalized spacial score (nSPS) is 25.7. The first-order valence-electron chi connectivity index (χ1n) is 7.25. The maximum Gasteiger partial charge on any atom is 0.221 e. The van der Waals surface area contributed by atoms with Gasteiger partial charge in [-0.15, -0.1) is 0 Å². The number of methoxy groups -OCH3 is 2. The fraction of sp³-hybridized carbons (Fsp3) is 0.667. The molecule has 1 aromatic heterocycles. The molecule has 6 nitrogen and oxygen atoms in total. The molecule has 6 heteroatoms. The zero-order valence-electron chi connectivity index (χ0n) is 12.7. The summed E-state index contributed by atoms with van der Waals surface area (Å²) in [6, 6.07) is 3.90. The van der Waals surface area contributed by atoms with Crippen molar-refractivity contribution in [2.24, 2.45) is 5.92 Å². The van der Waals surface area contributed by atoms with E-state index < -0.39 is 0 Å². The molecule has 21 heavy (non-hydrogen) atoms. The van der Waals surface area contributed by atoms with Crippen LogP contribution in [0.2, 0.25) is 0 Å². The fourth-order valence-electron chi connectivity index (χ4n) is 2.63. The van der Waals surface area contributed by atoms with Gasteiger partial charge in [0.1, 0.15) is 6.10 Å². The van der Waals surface area contributed by atoms with Crippen LogP contribution in [0.3, 0.4) is 0 Å². The highest BCUT2D eigenvalue weighted by atomic mass is 16.6. The summed E-state index contributed by atoms with van der Waals surface area (Å²) in [6.07, 6.45) is 4.24. The van der Waals surface area contributed by atoms with Crippen LogP contribution in [0.1, 0.15) is 6.42 Å². The largest absolute Gasteiger partial charge is 0.378 e. The molecule has 0 aromatic carbocycles. The van der Waals surface area contributed by atoms with Gasteiger partial charge in [0.2, 0.25) is 5.91 Å². The van der Waals surface area contributed by atoms with E-state index in [0.717, 1.165) is 0 Å². The number of amides is 1. The van der Waals surface area contributed by atoms with E-state index in [4.69, 9.17) is 14.2 Å². The van der Waals surface area contributed by atoms with Crippen molar-refractivity contribution in [1.82, 2.24) is 9.88 Å². The van der Waals surface area contributed by atoms with Gasteiger partial charge >= 0.3 is 0 Å². The molecule has 0 bridgehead atoms. The lowest BCUT2D eigenvalue weighted by atomic mass is 9.96. The van der Waals surface area contributed by atoms with Crippen molar-refractivity contribution in [2.75, 3.05) is 34.0 Å². The lowest BCUT2D eigenvalue weighted by Gasteiger charge is -2.36. The Morgan fingerprint density at radius 2 is 2.05 bits per heavy atom. The summed E-state index contributed by atoms with van der Waals surface area (Å²) in [5, 5.41) is 2.96. The van der Waals surface area contributed by atoms with Crippen molar-refractivity contribution in [3.8, 4) is 0 Å². The first-order valence-corrected chi connectivity index (χ1v) is 7.25. The Morgan fingerprint density at radius 1 is 1.29 bits per heavy atom. The molecule has 1 N–H and O–H groups in total. The van der Waals surface area contributed by atoms with Gasteiger partial charge < -0.3 is 24.1 Å². The summed E-state index contributed by atoms with van der Waals surface area (Å²) in [4.78, 5) is 11.9. The Kier molecular flexibility index (Phi) is 6.22. The molecule has 1 aromatic rings. The molecule has 1 fully saturated rings. The van der Waals surface area contributed by atoms with Crippen LogP contribution >= 0.6 is 0 Å². The van der Waals surface area contributed by atoms with Gasteiger partial charge in [0.25, 0.3) is 0 Å². The van der Waals surface area contributed by atoms with E-state index >= 15 is 0 Å². The average molecular weight is 296 g/mol. The second-order valence-corrected chi connectivity index (χ2v) is 5.25. The van der Waals surface area contributed by atoms with Crippen LogP contribution in [-0.2, 0) is 25.5 Å². The summed E-state index contributed by atoms with van der Waals surface area (Å²) in [5.74, 6) is 0.155. The molecule has 0 spiro atoms. The minimum absolute atomic E-state index is 0.0399. The van der Waals surface area contributed by atoms with Crippen LogP contribution in [0, 0.1) is 5.92 Å². The minimum Gasteiger partial charge on any atom is -0.378 e. The molecule has 2 rings (SSSR count). The highest BCUT2D eigenvalue weighted by molar-refractivity contribution is 5.75. The second kappa shape index (κ2) is 8.17. The zero-order valence-corrected chi connectivity index (χ0v) is 12.7. The monoisotopic (exact) mass is 296 g/mol. The number of nitrogens with zero attached hydrogens (tertiary/aromatic N) is 1. The quantitative estimate of drug-likeness (QED) is 0.803. The number of aromatic nitrogens is 1. The van der Waals surface area contributed by atoms with Crippen molar-refractivity contribution in [1.29, 1.82) is 0 Å². The predicted octanol–water partition coefficient (Wildman–Crippen LogP) is 0.671. The van der Waals surface area contributed by atoms with E-state index in [0.29, 0.717) is 32.7 Å². The second-order valence-electron chi connectivity index (χ2n) is 5.25. The molecule has 3 atom stereocenters. The molecule has 1 saturated heterocycles. The van der Waals surface area contributed by atoms with Gasteiger partial charge in [-0.1, -0.05) is 0 Å². The van der Waals surface area contributed by atoms with E-state index in [-0.39, 0.29) is 24.0 Å². The van der Waals surface area contributed by atoms with Crippen LogP contribution in [0.5, 0.6) is 0 Å². The van der Waals surface area contributed by atoms with Crippen LogP contribution < -0.4 is 5.32 Å². The van der Waals surface area contributed by atoms with Crippen molar-refractivity contribution >= 4 is 5.91 Å². The number of hydrogen-bond acceptors (Lipinski definition) is 4. The van der Waals surface area contributed by atoms with E-state index in [1.54, 1.807) is 14.2 Å². The van der Waals surface area contributed by atoms with Crippen molar-refractivity contribution in [3.05, 3.63) is 24.5 Å². The molecule has 2 heterocycles. The van der Waals surface area contributed by atoms with Crippen LogP contribution in [0.4, 0.5) is 0 Å². The first-order chi connectivity index (χ1) is 10.2. The number of ether oxygens (including phenoxy) is 3. The number of hydrogen-bond donors (Lipinski definition) is 1. The highest BCUT2D eigenvalue weighted by Crippen LogP contribution is 2.19. The lowest BCUT2D eigenvalue weighted by Crippen LogP contribution is -2.50. The van der Waals surface area contributed by atoms with Crippen molar-refractivity contribution < 1.29 is 19.0 Å². The third kappa shape index (κ3) is 4.56. The molecule has 0 unspecified atom stereocenters. The number of carbonyl (C=O) groups is 1. The van der Waals surface area contributed by atoms with Gasteiger partial charge in [-0.3, -0.25) is 4.79 Å². The van der Waals surface area contributed by atoms with Gasteiger partial charge in [0.05, 0.1) is 19.3 Å². The molecule has 118 valence electrons. The summed E-state index contributed by atoms with van der Waals surface area (Å²) < 4.78 is 18.4. The summed E-state index contributed by atoms with van der Waals surface area (Å²) in [7, 11) is 3.32. The zero-order chi connectivity index (χ0) is 15.1. The van der Waals surface area contributed by atoms with E-state index in [1.807, 2.05) is 29.1 Å². The molecular weight excluding hydrogens is 272 g/mol. The molecule has 1 amide bonds. The molecule has 1 aliphatic heterocycles. The van der Waals surface area contributed by atoms with Crippen LogP contribution in [0.25, 0.3) is 0 Å². The Morgan fingerprint density at radius 3 is 2.71 bits per heavy atom. The number of rotatable bonds is 7. The standard InChI is InChI=1S/C15H24N2O4/c1-19-13-11-21-10-12(15(13)20-2)9-16-14(18)5-8-17-6-3-4-7-17/h3-4,6-7,12-13,15H,5,8-11H2,1-2H3,(H,16,18)/t12-,13-,15+/m1/s1. The van der Waals surface area contributed by atoms with Crippen LogP contribution in [-0.4, -0.2) is 56.7 Å². The van der Waals surface area contributed by atoms with Gasteiger partial charge in [-0.25, -0.2) is 0 Å². The Balaban J connectivity index is 1.74. The van der Waals surface area contributed by atoms with Gasteiger partial charge in [0, 0.05) is 52.0 Å². The molecule has 0 saturated carbocycles. The fourth-order valence-corrected chi connectivity index (χ4v) is 2.63. The average Bonchev–Trinajstić information content (AvgIpc) is 3.03.